The van der Waals surface area contributed by atoms with E-state index >= 15 is 0 Å². The van der Waals surface area contributed by atoms with Gasteiger partial charge < -0.3 is 9.64 Å². The monoisotopic (exact) mass is 404 g/mol. The number of aromatic nitrogens is 3. The molecule has 1 atom stereocenters. The van der Waals surface area contributed by atoms with Gasteiger partial charge in [0.15, 0.2) is 0 Å². The maximum absolute atomic E-state index is 13.2. The second-order valence-electron chi connectivity index (χ2n) is 7.22. The molecular formula is C22H20N4O2S. The van der Waals surface area contributed by atoms with Gasteiger partial charge in [-0.05, 0) is 50.2 Å². The van der Waals surface area contributed by atoms with Gasteiger partial charge >= 0.3 is 0 Å². The normalized spacial score (nSPS) is 16.3. The molecule has 2 aromatic carbocycles. The Hall–Kier alpha value is -3.19. The van der Waals surface area contributed by atoms with E-state index in [2.05, 4.69) is 17.0 Å². The molecule has 0 aliphatic carbocycles. The fourth-order valence-electron chi connectivity index (χ4n) is 3.67. The highest BCUT2D eigenvalue weighted by Crippen LogP contribution is 2.31. The van der Waals surface area contributed by atoms with Crippen molar-refractivity contribution in [1.82, 2.24) is 14.8 Å². The zero-order valence-electron chi connectivity index (χ0n) is 16.2. The Balaban J connectivity index is 1.41. The van der Waals surface area contributed by atoms with Crippen LogP contribution in [0.1, 0.15) is 34.2 Å². The number of nitrogens with zero attached hydrogens (tertiary/aromatic N) is 4. The fourth-order valence-corrected chi connectivity index (χ4v) is 4.48. The van der Waals surface area contributed by atoms with Crippen molar-refractivity contribution in [3.63, 3.8) is 0 Å². The van der Waals surface area contributed by atoms with Crippen molar-refractivity contribution < 1.29 is 9.53 Å². The third-order valence-electron chi connectivity index (χ3n) is 5.03. The molecule has 3 heterocycles. The van der Waals surface area contributed by atoms with Gasteiger partial charge in [0.2, 0.25) is 0 Å². The first-order valence-electron chi connectivity index (χ1n) is 9.54. The van der Waals surface area contributed by atoms with Crippen LogP contribution in [0, 0.1) is 6.92 Å². The molecule has 0 saturated heterocycles. The van der Waals surface area contributed by atoms with Gasteiger partial charge in [0, 0.05) is 12.2 Å². The van der Waals surface area contributed by atoms with E-state index in [4.69, 9.17) is 4.74 Å². The highest BCUT2D eigenvalue weighted by Gasteiger charge is 2.32. The van der Waals surface area contributed by atoms with Gasteiger partial charge in [-0.15, -0.1) is 11.3 Å². The molecule has 0 unspecified atom stereocenters. The van der Waals surface area contributed by atoms with Gasteiger partial charge in [-0.25, -0.2) is 4.98 Å². The Kier molecular flexibility index (Phi) is 4.32. The Labute approximate surface area is 172 Å². The number of anilines is 1. The molecule has 4 aromatic rings. The van der Waals surface area contributed by atoms with Crippen LogP contribution in [0.4, 0.5) is 5.69 Å². The maximum Gasteiger partial charge on any atom is 0.276 e. The van der Waals surface area contributed by atoms with E-state index < -0.39 is 0 Å². The van der Waals surface area contributed by atoms with E-state index in [1.165, 1.54) is 0 Å². The molecule has 0 fully saturated rings. The number of hydrogen-bond acceptors (Lipinski definition) is 5. The number of hydrogen-bond donors (Lipinski definition) is 0. The van der Waals surface area contributed by atoms with Crippen LogP contribution in [0.3, 0.4) is 0 Å². The summed E-state index contributed by atoms with van der Waals surface area (Å²) in [6, 6.07) is 17.5. The van der Waals surface area contributed by atoms with Crippen molar-refractivity contribution in [2.45, 2.75) is 26.5 Å². The van der Waals surface area contributed by atoms with Gasteiger partial charge in [-0.2, -0.15) is 5.10 Å². The lowest BCUT2D eigenvalue weighted by Crippen LogP contribution is -2.42. The van der Waals surface area contributed by atoms with E-state index in [-0.39, 0.29) is 11.9 Å². The van der Waals surface area contributed by atoms with Crippen molar-refractivity contribution >= 4 is 33.1 Å². The van der Waals surface area contributed by atoms with Crippen LogP contribution >= 0.6 is 11.3 Å². The molecule has 2 aromatic heterocycles. The minimum Gasteiger partial charge on any atom is -0.487 e. The lowest BCUT2D eigenvalue weighted by Gasteiger charge is -2.31. The quantitative estimate of drug-likeness (QED) is 0.499. The summed E-state index contributed by atoms with van der Waals surface area (Å²) in [7, 11) is 0. The number of carbonyl (C=O) groups is 1. The molecule has 146 valence electrons. The molecular weight excluding hydrogens is 384 g/mol. The molecule has 0 spiro atoms. The Morgan fingerprint density at radius 2 is 2.00 bits per heavy atom. The first kappa shape index (κ1) is 17.9. The van der Waals surface area contributed by atoms with Crippen LogP contribution < -0.4 is 9.64 Å². The highest BCUT2D eigenvalue weighted by molar-refractivity contribution is 7.18. The number of thiazole rings is 1. The predicted octanol–water partition coefficient (Wildman–Crippen LogP) is 4.60. The summed E-state index contributed by atoms with van der Waals surface area (Å²) < 4.78 is 8.74. The smallest absolute Gasteiger partial charge is 0.276 e. The number of benzene rings is 2. The summed E-state index contributed by atoms with van der Waals surface area (Å²) in [4.78, 5) is 19.6. The minimum absolute atomic E-state index is 0.0483. The van der Waals surface area contributed by atoms with Gasteiger partial charge in [0.25, 0.3) is 5.91 Å². The second kappa shape index (κ2) is 7.00. The van der Waals surface area contributed by atoms with E-state index in [0.29, 0.717) is 18.8 Å². The van der Waals surface area contributed by atoms with Crippen LogP contribution in [0.2, 0.25) is 0 Å². The second-order valence-corrected chi connectivity index (χ2v) is 8.45. The topological polar surface area (TPSA) is 60.3 Å². The van der Waals surface area contributed by atoms with E-state index in [1.54, 1.807) is 11.3 Å². The molecule has 29 heavy (non-hydrogen) atoms. The van der Waals surface area contributed by atoms with Crippen molar-refractivity contribution in [3.05, 3.63) is 71.0 Å². The molecule has 0 bridgehead atoms. The van der Waals surface area contributed by atoms with Crippen LogP contribution in [-0.4, -0.2) is 27.2 Å². The van der Waals surface area contributed by atoms with E-state index in [9.17, 15) is 4.79 Å². The number of carbonyl (C=O) groups excluding carboxylic acids is 1. The number of para-hydroxylation sites is 1. The third-order valence-corrected chi connectivity index (χ3v) is 5.99. The van der Waals surface area contributed by atoms with Crippen molar-refractivity contribution in [2.24, 2.45) is 0 Å². The average Bonchev–Trinajstić information content (AvgIpc) is 3.32. The number of amides is 1. The van der Waals surface area contributed by atoms with Crippen molar-refractivity contribution in [2.75, 3.05) is 11.4 Å². The lowest BCUT2D eigenvalue weighted by atomic mass is 10.1. The molecule has 0 saturated carbocycles. The van der Waals surface area contributed by atoms with Crippen molar-refractivity contribution in [3.8, 4) is 5.75 Å². The van der Waals surface area contributed by atoms with Gasteiger partial charge in [0.1, 0.15) is 23.7 Å². The molecule has 1 aliphatic rings. The SMILES string of the molecule is Cc1nc2cc(N3C[C@H](C)n4nc(COc5ccccc5)cc4C3=O)ccc2s1. The summed E-state index contributed by atoms with van der Waals surface area (Å²) in [5.74, 6) is 0.735. The molecule has 6 nitrogen and oxygen atoms in total. The molecule has 0 radical (unpaired) electrons. The standard InChI is InChI=1S/C22H20N4O2S/c1-14-12-25(17-8-9-21-19(11-17)23-15(2)29-21)22(27)20-10-16(24-26(14)20)13-28-18-6-4-3-5-7-18/h3-11,14H,12-13H2,1-2H3/t14-/m0/s1. The first-order chi connectivity index (χ1) is 14.1. The van der Waals surface area contributed by atoms with Crippen LogP contribution in [0.15, 0.2) is 54.6 Å². The number of ether oxygens (including phenoxy) is 1. The number of rotatable bonds is 4. The number of aryl methyl sites for hydroxylation is 1. The van der Waals surface area contributed by atoms with Crippen LogP contribution in [-0.2, 0) is 6.61 Å². The minimum atomic E-state index is -0.0483. The molecule has 5 rings (SSSR count). The Morgan fingerprint density at radius 1 is 1.17 bits per heavy atom. The van der Waals surface area contributed by atoms with Gasteiger partial charge in [-0.1, -0.05) is 18.2 Å². The highest BCUT2D eigenvalue weighted by atomic mass is 32.1. The van der Waals surface area contributed by atoms with Crippen LogP contribution in [0.25, 0.3) is 10.2 Å². The van der Waals surface area contributed by atoms with E-state index in [1.807, 2.05) is 71.1 Å². The summed E-state index contributed by atoms with van der Waals surface area (Å²) >= 11 is 1.66. The van der Waals surface area contributed by atoms with Gasteiger partial charge in [0.05, 0.1) is 21.3 Å². The van der Waals surface area contributed by atoms with Crippen LogP contribution in [0.5, 0.6) is 5.75 Å². The molecule has 7 heteroatoms. The fraction of sp³-hybridized carbons (Fsp3) is 0.227. The summed E-state index contributed by atoms with van der Waals surface area (Å²) in [5.41, 5.74) is 3.14. The Morgan fingerprint density at radius 3 is 2.83 bits per heavy atom. The zero-order chi connectivity index (χ0) is 20.0. The average molecular weight is 404 g/mol. The summed E-state index contributed by atoms with van der Waals surface area (Å²) in [6.07, 6.45) is 0. The zero-order valence-corrected chi connectivity index (χ0v) is 17.0. The predicted molar refractivity (Wildman–Crippen MR) is 114 cm³/mol. The first-order valence-corrected chi connectivity index (χ1v) is 10.4. The third kappa shape index (κ3) is 3.27. The summed E-state index contributed by atoms with van der Waals surface area (Å²) in [6.45, 7) is 4.97. The largest absolute Gasteiger partial charge is 0.487 e. The molecule has 0 N–H and O–H groups in total. The van der Waals surface area contributed by atoms with Gasteiger partial charge in [-0.3, -0.25) is 9.48 Å². The number of fused-ring (bicyclic) bond motifs is 2. The molecule has 1 aliphatic heterocycles. The lowest BCUT2D eigenvalue weighted by molar-refractivity contribution is 0.0953. The van der Waals surface area contributed by atoms with E-state index in [0.717, 1.165) is 32.4 Å². The van der Waals surface area contributed by atoms with Crippen molar-refractivity contribution in [1.29, 1.82) is 0 Å². The molecule has 1 amide bonds. The maximum atomic E-state index is 13.2. The Bertz CT molecular complexity index is 1200. The summed E-state index contributed by atoms with van der Waals surface area (Å²) in [5, 5.41) is 5.64.